The highest BCUT2D eigenvalue weighted by Crippen LogP contribution is 2.55. The molecule has 0 N–H and O–H groups in total. The number of thiol groups is 3. The Morgan fingerprint density at radius 2 is 1.88 bits per heavy atom. The topological polar surface area (TPSA) is 0 Å². The predicted octanol–water partition coefficient (Wildman–Crippen LogP) is 6.10. The second-order valence-corrected chi connectivity index (χ2v) is 8.49. The summed E-state index contributed by atoms with van der Waals surface area (Å²) >= 11 is 13.8. The van der Waals surface area contributed by atoms with Gasteiger partial charge in [-0.3, -0.25) is 0 Å². The predicted molar refractivity (Wildman–Crippen MR) is 117 cm³/mol. The van der Waals surface area contributed by atoms with E-state index in [1.807, 2.05) is 0 Å². The normalized spacial score (nSPS) is 26.2. The molecule has 132 valence electrons. The average Bonchev–Trinajstić information content (AvgIpc) is 3.10. The van der Waals surface area contributed by atoms with Gasteiger partial charge in [-0.1, -0.05) is 31.6 Å². The molecule has 3 aliphatic carbocycles. The fourth-order valence-electron chi connectivity index (χ4n) is 4.93. The zero-order valence-electron chi connectivity index (χ0n) is 14.9. The van der Waals surface area contributed by atoms with Crippen molar-refractivity contribution in [1.82, 2.24) is 0 Å². The van der Waals surface area contributed by atoms with E-state index in [0.29, 0.717) is 17.8 Å². The van der Waals surface area contributed by atoms with Crippen LogP contribution in [0.4, 0.5) is 0 Å². The third kappa shape index (κ3) is 2.89. The lowest BCUT2D eigenvalue weighted by molar-refractivity contribution is 0.583. The van der Waals surface area contributed by atoms with Crippen LogP contribution >= 0.6 is 37.9 Å². The van der Waals surface area contributed by atoms with Crippen LogP contribution in [0.2, 0.25) is 0 Å². The van der Waals surface area contributed by atoms with E-state index in [9.17, 15) is 0 Å². The summed E-state index contributed by atoms with van der Waals surface area (Å²) in [5, 5.41) is 0. The van der Waals surface area contributed by atoms with Gasteiger partial charge in [0, 0.05) is 11.7 Å². The highest BCUT2D eigenvalue weighted by Gasteiger charge is 2.41. The summed E-state index contributed by atoms with van der Waals surface area (Å²) in [5.41, 5.74) is 10.8. The van der Waals surface area contributed by atoms with Gasteiger partial charge in [-0.2, -0.15) is 37.9 Å². The Hall–Kier alpha value is 0.01000. The molecule has 3 heteroatoms. The zero-order valence-corrected chi connectivity index (χ0v) is 17.6. The summed E-state index contributed by atoms with van der Waals surface area (Å²) in [6.07, 6.45) is 6.13. The Bertz CT molecular complexity index is 635. The van der Waals surface area contributed by atoms with Gasteiger partial charge in [-0.15, -0.1) is 0 Å². The van der Waals surface area contributed by atoms with Crippen molar-refractivity contribution in [3.8, 4) is 0 Å². The molecule has 0 saturated heterocycles. The smallest absolute Gasteiger partial charge is 0.0116 e. The molecule has 3 aliphatic rings. The molecule has 24 heavy (non-hydrogen) atoms. The van der Waals surface area contributed by atoms with E-state index in [0.717, 1.165) is 17.3 Å². The highest BCUT2D eigenvalue weighted by atomic mass is 32.1. The molecule has 0 bridgehead atoms. The SMILES string of the molecule is C=C1C2=C(CCC2CS)C(C(CC)C2=C(CS)CC2)=C1[C@@H](C)CS. The van der Waals surface area contributed by atoms with Gasteiger partial charge >= 0.3 is 0 Å². The molecule has 0 radical (unpaired) electrons. The van der Waals surface area contributed by atoms with Gasteiger partial charge in [0.2, 0.25) is 0 Å². The number of hydrogen-bond donors (Lipinski definition) is 3. The summed E-state index contributed by atoms with van der Waals surface area (Å²) in [6, 6.07) is 0. The maximum absolute atomic E-state index is 4.62. The van der Waals surface area contributed by atoms with E-state index in [2.05, 4.69) is 58.3 Å². The fourth-order valence-corrected chi connectivity index (χ4v) is 5.84. The lowest BCUT2D eigenvalue weighted by Crippen LogP contribution is -2.19. The number of allylic oxidation sites excluding steroid dienone is 6. The van der Waals surface area contributed by atoms with Crippen molar-refractivity contribution in [1.29, 1.82) is 0 Å². The van der Waals surface area contributed by atoms with E-state index >= 15 is 0 Å². The van der Waals surface area contributed by atoms with Gasteiger partial charge < -0.3 is 0 Å². The van der Waals surface area contributed by atoms with Crippen molar-refractivity contribution in [2.45, 2.75) is 46.0 Å². The summed E-state index contributed by atoms with van der Waals surface area (Å²) in [7, 11) is 0. The van der Waals surface area contributed by atoms with Crippen LogP contribution in [-0.2, 0) is 0 Å². The largest absolute Gasteiger partial charge is 0.179 e. The van der Waals surface area contributed by atoms with Gasteiger partial charge in [-0.05, 0) is 83.3 Å². The molecule has 0 aromatic carbocycles. The monoisotopic (exact) mass is 378 g/mol. The maximum Gasteiger partial charge on any atom is 0.0116 e. The molecule has 0 aromatic rings. The van der Waals surface area contributed by atoms with Crippen LogP contribution in [0.5, 0.6) is 0 Å². The maximum atomic E-state index is 4.62. The van der Waals surface area contributed by atoms with Crippen LogP contribution in [-0.4, -0.2) is 17.3 Å². The van der Waals surface area contributed by atoms with Crippen LogP contribution in [0, 0.1) is 17.8 Å². The first-order valence-electron chi connectivity index (χ1n) is 9.29. The average molecular weight is 379 g/mol. The minimum absolute atomic E-state index is 0.469. The van der Waals surface area contributed by atoms with E-state index in [4.69, 9.17) is 0 Å². The van der Waals surface area contributed by atoms with Crippen molar-refractivity contribution in [2.24, 2.45) is 17.8 Å². The quantitative estimate of drug-likeness (QED) is 0.346. The lowest BCUT2D eigenvalue weighted by atomic mass is 9.73. The molecule has 0 nitrogen and oxygen atoms in total. The Balaban J connectivity index is 2.11. The molecule has 2 unspecified atom stereocenters. The van der Waals surface area contributed by atoms with Crippen molar-refractivity contribution < 1.29 is 0 Å². The highest BCUT2D eigenvalue weighted by molar-refractivity contribution is 7.80. The second kappa shape index (κ2) is 7.72. The molecule has 0 amide bonds. The summed E-state index contributed by atoms with van der Waals surface area (Å²) < 4.78 is 0. The first-order valence-corrected chi connectivity index (χ1v) is 11.2. The molecule has 0 fully saturated rings. The molecule has 3 atom stereocenters. The molecular formula is C21H30S3. The van der Waals surface area contributed by atoms with E-state index < -0.39 is 0 Å². The van der Waals surface area contributed by atoms with Crippen molar-refractivity contribution in [2.75, 3.05) is 17.3 Å². The van der Waals surface area contributed by atoms with Crippen molar-refractivity contribution in [3.05, 3.63) is 45.6 Å². The molecular weight excluding hydrogens is 348 g/mol. The molecule has 0 aromatic heterocycles. The molecule has 3 rings (SSSR count). The lowest BCUT2D eigenvalue weighted by Gasteiger charge is -2.33. The number of rotatable bonds is 7. The second-order valence-electron chi connectivity index (χ2n) is 7.45. The van der Waals surface area contributed by atoms with Crippen molar-refractivity contribution >= 4 is 37.9 Å². The van der Waals surface area contributed by atoms with Gasteiger partial charge in [0.25, 0.3) is 0 Å². The van der Waals surface area contributed by atoms with Crippen LogP contribution < -0.4 is 0 Å². The first-order chi connectivity index (χ1) is 11.6. The Labute approximate surface area is 164 Å². The fraction of sp³-hybridized carbons (Fsp3) is 0.619. The summed E-state index contributed by atoms with van der Waals surface area (Å²) in [6.45, 7) is 9.19. The van der Waals surface area contributed by atoms with Crippen LogP contribution in [0.25, 0.3) is 0 Å². The van der Waals surface area contributed by atoms with Gasteiger partial charge in [-0.25, -0.2) is 0 Å². The number of hydrogen-bond acceptors (Lipinski definition) is 3. The minimum Gasteiger partial charge on any atom is -0.179 e. The van der Waals surface area contributed by atoms with Gasteiger partial charge in [0.15, 0.2) is 0 Å². The first kappa shape index (κ1) is 18.8. The standard InChI is InChI=1S/C21H30S3/c1-4-16(17-7-5-14(17)10-23)21-18-8-6-15(11-24)20(18)13(3)19(21)12(2)9-22/h12,15-16,22-24H,3-11H2,1-2H3/t12-,15?,16?/m0/s1. The third-order valence-electron chi connectivity index (χ3n) is 6.25. The Kier molecular flexibility index (Phi) is 6.04. The van der Waals surface area contributed by atoms with Crippen molar-refractivity contribution in [3.63, 3.8) is 0 Å². The Morgan fingerprint density at radius 1 is 1.12 bits per heavy atom. The molecule has 0 aliphatic heterocycles. The van der Waals surface area contributed by atoms with Crippen LogP contribution in [0.3, 0.4) is 0 Å². The minimum atomic E-state index is 0.469. The summed E-state index contributed by atoms with van der Waals surface area (Å²) in [4.78, 5) is 0. The van der Waals surface area contributed by atoms with E-state index in [-0.39, 0.29) is 0 Å². The van der Waals surface area contributed by atoms with E-state index in [1.165, 1.54) is 48.8 Å². The van der Waals surface area contributed by atoms with E-state index in [1.54, 1.807) is 22.3 Å². The van der Waals surface area contributed by atoms with Crippen LogP contribution in [0.1, 0.15) is 46.0 Å². The molecule has 0 saturated carbocycles. The summed E-state index contributed by atoms with van der Waals surface area (Å²) in [5.74, 6) is 4.38. The van der Waals surface area contributed by atoms with Crippen LogP contribution in [0.15, 0.2) is 45.6 Å². The molecule has 0 spiro atoms. The molecule has 0 heterocycles. The Morgan fingerprint density at radius 3 is 2.38 bits per heavy atom. The third-order valence-corrected chi connectivity index (χ3v) is 7.62. The zero-order chi connectivity index (χ0) is 17.4. The van der Waals surface area contributed by atoms with Gasteiger partial charge in [0.05, 0.1) is 0 Å². The van der Waals surface area contributed by atoms with Gasteiger partial charge in [0.1, 0.15) is 0 Å².